The van der Waals surface area contributed by atoms with E-state index in [2.05, 4.69) is 0 Å². The number of hydrogen-bond acceptors (Lipinski definition) is 6. The summed E-state index contributed by atoms with van der Waals surface area (Å²) in [4.78, 5) is 30.8. The summed E-state index contributed by atoms with van der Waals surface area (Å²) in [6.07, 6.45) is 1.78. The first-order chi connectivity index (χ1) is 9.01. The number of hydrogen-bond donors (Lipinski definition) is 0. The third-order valence-electron chi connectivity index (χ3n) is 2.36. The number of carbonyl (C=O) groups is 1. The highest BCUT2D eigenvalue weighted by molar-refractivity contribution is 5.84. The van der Waals surface area contributed by atoms with Crippen LogP contribution in [0.3, 0.4) is 0 Å². The number of ether oxygens (including phenoxy) is 1. The minimum Gasteiger partial charge on any atom is -0.486 e. The third kappa shape index (κ3) is 3.47. The van der Waals surface area contributed by atoms with Crippen molar-refractivity contribution < 1.29 is 19.4 Å². The van der Waals surface area contributed by atoms with Gasteiger partial charge in [-0.25, -0.2) is 0 Å². The van der Waals surface area contributed by atoms with Crippen LogP contribution in [-0.2, 0) is 0 Å². The number of unbranched alkanes of at least 4 members (excludes halogenated alkanes) is 1. The van der Waals surface area contributed by atoms with Crippen molar-refractivity contribution in [1.82, 2.24) is 0 Å². The Morgan fingerprint density at radius 2 is 1.95 bits per heavy atom. The average Bonchev–Trinajstić information content (AvgIpc) is 2.38. The van der Waals surface area contributed by atoms with Crippen LogP contribution in [0, 0.1) is 20.2 Å². The highest BCUT2D eigenvalue weighted by Crippen LogP contribution is 2.34. The Balaban J connectivity index is 3.28. The molecule has 0 atom stereocenters. The summed E-state index contributed by atoms with van der Waals surface area (Å²) in [6.45, 7) is 2.12. The zero-order chi connectivity index (χ0) is 14.4. The molecule has 0 fully saturated rings. The number of nitrogens with zero attached hydrogens (tertiary/aromatic N) is 2. The maximum absolute atomic E-state index is 10.9. The van der Waals surface area contributed by atoms with Crippen LogP contribution in [-0.4, -0.2) is 22.7 Å². The predicted octanol–water partition coefficient (Wildman–Crippen LogP) is 2.49. The minimum atomic E-state index is -0.804. The second-order valence-corrected chi connectivity index (χ2v) is 3.72. The van der Waals surface area contributed by atoms with Gasteiger partial charge in [0.2, 0.25) is 5.75 Å². The molecule has 1 aromatic rings. The van der Waals surface area contributed by atoms with Crippen LogP contribution in [0.2, 0.25) is 0 Å². The topological polar surface area (TPSA) is 113 Å². The highest BCUT2D eigenvalue weighted by Gasteiger charge is 2.25. The molecule has 0 unspecified atom stereocenters. The van der Waals surface area contributed by atoms with Gasteiger partial charge in [0.1, 0.15) is 0 Å². The van der Waals surface area contributed by atoms with Gasteiger partial charge in [-0.1, -0.05) is 13.3 Å². The third-order valence-corrected chi connectivity index (χ3v) is 2.36. The fourth-order valence-corrected chi connectivity index (χ4v) is 1.42. The molecule has 0 spiro atoms. The molecule has 8 heteroatoms. The lowest BCUT2D eigenvalue weighted by molar-refractivity contribution is -0.394. The lowest BCUT2D eigenvalue weighted by Crippen LogP contribution is -2.04. The van der Waals surface area contributed by atoms with Gasteiger partial charge in [0, 0.05) is 6.07 Å². The molecule has 0 aliphatic rings. The predicted molar refractivity (Wildman–Crippen MR) is 65.5 cm³/mol. The van der Waals surface area contributed by atoms with Crippen LogP contribution in [0.1, 0.15) is 30.1 Å². The summed E-state index contributed by atoms with van der Waals surface area (Å²) in [7, 11) is 0. The van der Waals surface area contributed by atoms with Crippen molar-refractivity contribution in [3.05, 3.63) is 37.9 Å². The summed E-state index contributed by atoms with van der Waals surface area (Å²) < 4.78 is 5.20. The molecule has 0 amide bonds. The molecule has 102 valence electrons. The van der Waals surface area contributed by atoms with Crippen LogP contribution in [0.5, 0.6) is 5.75 Å². The van der Waals surface area contributed by atoms with E-state index in [4.69, 9.17) is 4.74 Å². The van der Waals surface area contributed by atoms with E-state index < -0.39 is 21.2 Å². The van der Waals surface area contributed by atoms with Gasteiger partial charge in [-0.2, -0.15) is 0 Å². The Morgan fingerprint density at radius 3 is 2.42 bits per heavy atom. The summed E-state index contributed by atoms with van der Waals surface area (Å²) >= 11 is 0. The van der Waals surface area contributed by atoms with Crippen molar-refractivity contribution in [2.24, 2.45) is 0 Å². The molecule has 0 N–H and O–H groups in total. The zero-order valence-corrected chi connectivity index (χ0v) is 10.2. The van der Waals surface area contributed by atoms with Gasteiger partial charge in [0.05, 0.1) is 28.1 Å². The van der Waals surface area contributed by atoms with E-state index in [0.717, 1.165) is 18.6 Å². The molecule has 1 aromatic carbocycles. The quantitative estimate of drug-likeness (QED) is 0.325. The fourth-order valence-electron chi connectivity index (χ4n) is 1.42. The largest absolute Gasteiger partial charge is 0.486 e. The number of nitro groups is 2. The zero-order valence-electron chi connectivity index (χ0n) is 10.2. The van der Waals surface area contributed by atoms with Gasteiger partial charge in [0.15, 0.2) is 6.29 Å². The first-order valence-electron chi connectivity index (χ1n) is 5.56. The molecule has 0 aromatic heterocycles. The second kappa shape index (κ2) is 6.43. The summed E-state index contributed by atoms with van der Waals surface area (Å²) in [5.74, 6) is -0.223. The monoisotopic (exact) mass is 268 g/mol. The molecule has 0 aliphatic heterocycles. The molecule has 8 nitrogen and oxygen atoms in total. The van der Waals surface area contributed by atoms with E-state index in [1.165, 1.54) is 0 Å². The number of benzene rings is 1. The molecule has 0 radical (unpaired) electrons. The van der Waals surface area contributed by atoms with Gasteiger partial charge >= 0.3 is 5.69 Å². The Kier molecular flexibility index (Phi) is 4.92. The van der Waals surface area contributed by atoms with Gasteiger partial charge in [-0.15, -0.1) is 0 Å². The van der Waals surface area contributed by atoms with Gasteiger partial charge < -0.3 is 4.74 Å². The Hall–Kier alpha value is -2.51. The number of non-ortho nitro benzene ring substituents is 1. The molecular formula is C11H12N2O6. The highest BCUT2D eigenvalue weighted by atomic mass is 16.6. The van der Waals surface area contributed by atoms with Gasteiger partial charge in [0.25, 0.3) is 5.69 Å². The summed E-state index contributed by atoms with van der Waals surface area (Å²) in [6, 6.07) is 1.75. The number of rotatable bonds is 7. The van der Waals surface area contributed by atoms with E-state index in [9.17, 15) is 25.0 Å². The van der Waals surface area contributed by atoms with Crippen LogP contribution in [0.4, 0.5) is 11.4 Å². The molecule has 19 heavy (non-hydrogen) atoms. The smallest absolute Gasteiger partial charge is 0.318 e. The Labute approximate surface area is 108 Å². The standard InChI is InChI=1S/C11H12N2O6/c1-2-3-4-19-11-8(7-14)5-9(12(15)16)6-10(11)13(17)18/h5-7H,2-4H2,1H3. The molecule has 0 saturated heterocycles. The normalized spacial score (nSPS) is 9.95. The summed E-state index contributed by atoms with van der Waals surface area (Å²) in [5.41, 5.74) is -1.29. The van der Waals surface area contributed by atoms with Gasteiger partial charge in [-0.3, -0.25) is 25.0 Å². The lowest BCUT2D eigenvalue weighted by Gasteiger charge is -2.08. The van der Waals surface area contributed by atoms with Crippen LogP contribution < -0.4 is 4.74 Å². The first-order valence-corrected chi connectivity index (χ1v) is 5.56. The molecule has 0 aliphatic carbocycles. The van der Waals surface area contributed by atoms with E-state index in [1.807, 2.05) is 6.92 Å². The number of carbonyl (C=O) groups excluding carboxylic acids is 1. The second-order valence-electron chi connectivity index (χ2n) is 3.72. The van der Waals surface area contributed by atoms with Crippen molar-refractivity contribution in [2.75, 3.05) is 6.61 Å². The average molecular weight is 268 g/mol. The lowest BCUT2D eigenvalue weighted by atomic mass is 10.1. The van der Waals surface area contributed by atoms with Crippen molar-refractivity contribution in [3.8, 4) is 5.75 Å². The van der Waals surface area contributed by atoms with Crippen molar-refractivity contribution in [3.63, 3.8) is 0 Å². The molecule has 0 heterocycles. The minimum absolute atomic E-state index is 0.197. The van der Waals surface area contributed by atoms with E-state index >= 15 is 0 Å². The fraction of sp³-hybridized carbons (Fsp3) is 0.364. The summed E-state index contributed by atoms with van der Waals surface area (Å²) in [5, 5.41) is 21.5. The number of nitro benzene ring substituents is 2. The van der Waals surface area contributed by atoms with Crippen LogP contribution in [0.25, 0.3) is 0 Å². The maximum atomic E-state index is 10.9. The maximum Gasteiger partial charge on any atom is 0.318 e. The van der Waals surface area contributed by atoms with Crippen LogP contribution >= 0.6 is 0 Å². The van der Waals surface area contributed by atoms with E-state index in [1.54, 1.807) is 0 Å². The Bertz CT molecular complexity index is 514. The Morgan fingerprint density at radius 1 is 1.26 bits per heavy atom. The SMILES string of the molecule is CCCCOc1c(C=O)cc([N+](=O)[O-])cc1[N+](=O)[O-]. The van der Waals surface area contributed by atoms with Crippen molar-refractivity contribution in [2.45, 2.75) is 19.8 Å². The van der Waals surface area contributed by atoms with Crippen molar-refractivity contribution in [1.29, 1.82) is 0 Å². The molecule has 0 saturated carbocycles. The molecular weight excluding hydrogens is 256 g/mol. The van der Waals surface area contributed by atoms with E-state index in [0.29, 0.717) is 12.7 Å². The molecule has 0 bridgehead atoms. The van der Waals surface area contributed by atoms with Crippen LogP contribution in [0.15, 0.2) is 12.1 Å². The molecule has 1 rings (SSSR count). The number of aldehydes is 1. The van der Waals surface area contributed by atoms with Crippen molar-refractivity contribution >= 4 is 17.7 Å². The van der Waals surface area contributed by atoms with Gasteiger partial charge in [-0.05, 0) is 6.42 Å². The van der Waals surface area contributed by atoms with E-state index in [-0.39, 0.29) is 17.9 Å². The first kappa shape index (κ1) is 14.6.